The van der Waals surface area contributed by atoms with Crippen LogP contribution in [0, 0.1) is 0 Å². The summed E-state index contributed by atoms with van der Waals surface area (Å²) in [6, 6.07) is 8.06. The number of nitrogens with one attached hydrogen (secondary N) is 2. The van der Waals surface area contributed by atoms with E-state index in [0.29, 0.717) is 22.9 Å². The van der Waals surface area contributed by atoms with Gasteiger partial charge in [-0.15, -0.1) is 10.2 Å². The Labute approximate surface area is 278 Å². The molecule has 256 valence electrons. The Balaban J connectivity index is 0.00000185. The Morgan fingerprint density at radius 2 is 1.66 bits per heavy atom. The molecule has 0 bridgehead atoms. The fraction of sp³-hybridized carbons (Fsp3) is 0.438. The second kappa shape index (κ2) is 17.8. The van der Waals surface area contributed by atoms with E-state index in [1.54, 1.807) is 31.2 Å². The molecular weight excluding hydrogens is 628 g/mol. The van der Waals surface area contributed by atoms with E-state index in [-0.39, 0.29) is 39.9 Å². The van der Waals surface area contributed by atoms with Crippen LogP contribution in [-0.4, -0.2) is 64.3 Å². The van der Waals surface area contributed by atoms with Crippen LogP contribution >= 0.6 is 11.3 Å². The normalized spacial score (nSPS) is 11.2. The molecule has 1 atom stereocenters. The minimum Gasteiger partial charge on any atom is -0.496 e. The smallest absolute Gasteiger partial charge is 0.379 e. The van der Waals surface area contributed by atoms with E-state index in [1.165, 1.54) is 38.1 Å². The summed E-state index contributed by atoms with van der Waals surface area (Å²) in [4.78, 5) is 38.1. The van der Waals surface area contributed by atoms with Crippen LogP contribution in [0.1, 0.15) is 72.9 Å². The summed E-state index contributed by atoms with van der Waals surface area (Å²) in [6.45, 7) is 17.0. The van der Waals surface area contributed by atoms with Crippen molar-refractivity contribution in [1.82, 2.24) is 20.0 Å². The number of hydrogen-bond donors (Lipinski definition) is 2. The number of hydrogen-bond acceptors (Lipinski definition) is 12. The fourth-order valence-corrected chi connectivity index (χ4v) is 4.56. The minimum atomic E-state index is -0.896. The number of amides is 2. The predicted molar refractivity (Wildman–Crippen MR) is 181 cm³/mol. The molecule has 0 spiro atoms. The van der Waals surface area contributed by atoms with Gasteiger partial charge in [0.25, 0.3) is 5.91 Å². The van der Waals surface area contributed by atoms with Gasteiger partial charge < -0.3 is 28.7 Å². The van der Waals surface area contributed by atoms with Crippen molar-refractivity contribution in [3.8, 4) is 33.5 Å². The van der Waals surface area contributed by atoms with Crippen molar-refractivity contribution in [2.45, 2.75) is 74.0 Å². The van der Waals surface area contributed by atoms with Gasteiger partial charge in [-0.25, -0.2) is 4.79 Å². The molecule has 4 aromatic rings. The first-order valence-electron chi connectivity index (χ1n) is 15.1. The lowest BCUT2D eigenvalue weighted by atomic mass is 10.0. The first-order valence-corrected chi connectivity index (χ1v) is 15.9. The zero-order valence-corrected chi connectivity index (χ0v) is 29.5. The van der Waals surface area contributed by atoms with Gasteiger partial charge in [0.15, 0.2) is 5.76 Å². The molecule has 14 nitrogen and oxygen atoms in total. The van der Waals surface area contributed by atoms with Crippen molar-refractivity contribution >= 4 is 34.1 Å². The van der Waals surface area contributed by atoms with Gasteiger partial charge in [0.05, 0.1) is 38.2 Å². The fourth-order valence-electron chi connectivity index (χ4n) is 3.85. The molecule has 0 radical (unpaired) electrons. The molecule has 4 rings (SSSR count). The van der Waals surface area contributed by atoms with E-state index in [9.17, 15) is 14.4 Å². The Kier molecular flexibility index (Phi) is 14.6. The maximum atomic E-state index is 13.3. The molecule has 2 amide bonds. The van der Waals surface area contributed by atoms with Gasteiger partial charge in [-0.05, 0) is 45.9 Å². The van der Waals surface area contributed by atoms with E-state index in [0.717, 1.165) is 11.3 Å². The summed E-state index contributed by atoms with van der Waals surface area (Å²) in [5.41, 5.74) is -0.719. The number of rotatable bonds is 11. The number of carbonyl (C=O) groups excluding carboxylic acids is 2. The summed E-state index contributed by atoms with van der Waals surface area (Å²) < 4.78 is 29.7. The first-order chi connectivity index (χ1) is 22.4. The Bertz CT molecular complexity index is 1650. The first kappa shape index (κ1) is 38.4. The third kappa shape index (κ3) is 10.4. The number of nitrogens with zero attached hydrogens (tertiary/aromatic N) is 4. The zero-order valence-electron chi connectivity index (χ0n) is 28.7. The van der Waals surface area contributed by atoms with Crippen LogP contribution in [0.4, 0.5) is 10.9 Å². The van der Waals surface area contributed by atoms with Crippen molar-refractivity contribution in [2.75, 3.05) is 31.5 Å². The van der Waals surface area contributed by atoms with Crippen LogP contribution in [0.3, 0.4) is 0 Å². The molecule has 1 aromatic carbocycles. The predicted octanol–water partition coefficient (Wildman–Crippen LogP) is 6.21. The number of anilines is 2. The lowest BCUT2D eigenvalue weighted by Crippen LogP contribution is -2.29. The highest BCUT2D eigenvalue weighted by Crippen LogP contribution is 2.42. The van der Waals surface area contributed by atoms with Crippen LogP contribution in [-0.2, 0) is 9.53 Å². The van der Waals surface area contributed by atoms with Gasteiger partial charge in [0.2, 0.25) is 21.9 Å². The van der Waals surface area contributed by atoms with Crippen molar-refractivity contribution in [1.29, 1.82) is 0 Å². The largest absolute Gasteiger partial charge is 0.496 e. The van der Waals surface area contributed by atoms with Crippen molar-refractivity contribution in [3.05, 3.63) is 52.7 Å². The Hall–Kier alpha value is -4.76. The number of ether oxygens (including phenoxy) is 4. The van der Waals surface area contributed by atoms with Crippen molar-refractivity contribution in [2.24, 2.45) is 0 Å². The standard InChI is InChI=1S/C28H32N6O8S.2C2H6/c1-15(14-40-28(3,4)5)41-23-17(22-18(38-6)9-8-10-19(22)39-7)13-20(42-25(23)37)24(36)31-26-32-33-27(43-26)34-21(11-12-29-34)30-16(2)35;2*1-2/h8-13,15H,14H2,1-7H3,(H,30,35)(H,31,32,36);2*1-2H3. The molecule has 0 aliphatic rings. The molecule has 47 heavy (non-hydrogen) atoms. The quantitative estimate of drug-likeness (QED) is 0.186. The van der Waals surface area contributed by atoms with E-state index < -0.39 is 23.2 Å². The number of methoxy groups -OCH3 is 2. The lowest BCUT2D eigenvalue weighted by molar-refractivity contribution is -0.114. The Morgan fingerprint density at radius 1 is 1.02 bits per heavy atom. The van der Waals surface area contributed by atoms with Gasteiger partial charge in [0, 0.05) is 18.6 Å². The van der Waals surface area contributed by atoms with Crippen LogP contribution in [0.15, 0.2) is 45.7 Å². The van der Waals surface area contributed by atoms with Gasteiger partial charge in [-0.3, -0.25) is 14.9 Å². The van der Waals surface area contributed by atoms with Crippen molar-refractivity contribution < 1.29 is 33.0 Å². The number of benzene rings is 1. The number of carbonyl (C=O) groups is 2. The summed E-state index contributed by atoms with van der Waals surface area (Å²) in [5.74, 6) is -0.402. The van der Waals surface area contributed by atoms with Gasteiger partial charge >= 0.3 is 5.63 Å². The molecule has 0 saturated heterocycles. The molecule has 3 heterocycles. The molecule has 1 unspecified atom stereocenters. The van der Waals surface area contributed by atoms with Crippen LogP contribution in [0.5, 0.6) is 17.2 Å². The highest BCUT2D eigenvalue weighted by atomic mass is 32.1. The molecule has 0 aliphatic heterocycles. The molecular formula is C32H44N6O8S. The van der Waals surface area contributed by atoms with Crippen LogP contribution < -0.4 is 30.5 Å². The number of aromatic nitrogens is 4. The minimum absolute atomic E-state index is 0.0941. The average molecular weight is 673 g/mol. The van der Waals surface area contributed by atoms with Crippen molar-refractivity contribution in [3.63, 3.8) is 0 Å². The summed E-state index contributed by atoms with van der Waals surface area (Å²) >= 11 is 0.987. The monoisotopic (exact) mass is 672 g/mol. The lowest BCUT2D eigenvalue weighted by Gasteiger charge is -2.24. The van der Waals surface area contributed by atoms with Crippen LogP contribution in [0.2, 0.25) is 0 Å². The zero-order chi connectivity index (χ0) is 35.3. The Morgan fingerprint density at radius 3 is 2.23 bits per heavy atom. The van der Waals surface area contributed by atoms with E-state index >= 15 is 0 Å². The third-order valence-corrected chi connectivity index (χ3v) is 6.48. The summed E-state index contributed by atoms with van der Waals surface area (Å²) in [5, 5.41) is 17.7. The maximum Gasteiger partial charge on any atom is 0.379 e. The SMILES string of the molecule is CC.CC.COc1cccc(OC)c1-c1cc(C(=O)Nc2nnc(-n3nccc3NC(C)=O)s2)oc(=O)c1OC(C)COC(C)(C)C. The summed E-state index contributed by atoms with van der Waals surface area (Å²) in [7, 11) is 2.95. The van der Waals surface area contributed by atoms with Crippen LogP contribution in [0.25, 0.3) is 16.3 Å². The maximum absolute atomic E-state index is 13.3. The van der Waals surface area contributed by atoms with E-state index in [1.807, 2.05) is 48.5 Å². The average Bonchev–Trinajstić information content (AvgIpc) is 3.71. The molecule has 3 aromatic heterocycles. The second-order valence-electron chi connectivity index (χ2n) is 10.2. The highest BCUT2D eigenvalue weighted by molar-refractivity contribution is 7.17. The summed E-state index contributed by atoms with van der Waals surface area (Å²) in [6.07, 6.45) is 0.929. The molecule has 15 heteroatoms. The van der Waals surface area contributed by atoms with Gasteiger partial charge in [-0.2, -0.15) is 9.78 Å². The highest BCUT2D eigenvalue weighted by Gasteiger charge is 2.26. The third-order valence-electron chi connectivity index (χ3n) is 5.66. The topological polar surface area (TPSA) is 169 Å². The van der Waals surface area contributed by atoms with Gasteiger partial charge in [0.1, 0.15) is 23.4 Å². The van der Waals surface area contributed by atoms with E-state index in [2.05, 4.69) is 25.9 Å². The molecule has 2 N–H and O–H groups in total. The van der Waals surface area contributed by atoms with E-state index in [4.69, 9.17) is 23.4 Å². The molecule has 0 saturated carbocycles. The molecule has 0 aliphatic carbocycles. The van der Waals surface area contributed by atoms with Gasteiger partial charge in [-0.1, -0.05) is 45.1 Å². The molecule has 0 fully saturated rings. The second-order valence-corrected chi connectivity index (χ2v) is 11.1.